The van der Waals surface area contributed by atoms with Crippen LogP contribution in [0.4, 0.5) is 0 Å². The van der Waals surface area contributed by atoms with Gasteiger partial charge in [-0.15, -0.1) is 0 Å². The minimum absolute atomic E-state index is 0.0643. The molecule has 0 amide bonds. The maximum atomic E-state index is 10.8. The Kier molecular flexibility index (Phi) is 4.89. The Morgan fingerprint density at radius 1 is 1.20 bits per heavy atom. The van der Waals surface area contributed by atoms with E-state index < -0.39 is 10.0 Å². The first-order valence-corrected chi connectivity index (χ1v) is 8.01. The number of hydrogen-bond acceptors (Lipinski definition) is 4. The predicted octanol–water partition coefficient (Wildman–Crippen LogP) is 0.310. The third-order valence-corrected chi connectivity index (χ3v) is 3.54. The Labute approximate surface area is 118 Å². The van der Waals surface area contributed by atoms with E-state index in [0.717, 1.165) is 12.1 Å². The fraction of sp³-hybridized carbons (Fsp3) is 0.308. The summed E-state index contributed by atoms with van der Waals surface area (Å²) >= 11 is 0. The highest BCUT2D eigenvalue weighted by Gasteiger charge is 2.03. The van der Waals surface area contributed by atoms with Crippen molar-refractivity contribution < 1.29 is 8.42 Å². The number of nitrogens with two attached hydrogens (primary N) is 1. The van der Waals surface area contributed by atoms with Gasteiger partial charge in [0.25, 0.3) is 0 Å². The van der Waals surface area contributed by atoms with Gasteiger partial charge in [0, 0.05) is 24.8 Å². The summed E-state index contributed by atoms with van der Waals surface area (Å²) in [6.07, 6.45) is 3.71. The molecule has 2 aromatic rings. The van der Waals surface area contributed by atoms with Crippen LogP contribution < -0.4 is 10.5 Å². The Morgan fingerprint density at radius 3 is 2.65 bits per heavy atom. The van der Waals surface area contributed by atoms with Gasteiger partial charge in [-0.3, -0.25) is 4.68 Å². The van der Waals surface area contributed by atoms with Gasteiger partial charge < -0.3 is 5.32 Å². The maximum Gasteiger partial charge on any atom is 0.210 e. The minimum Gasteiger partial charge on any atom is -0.311 e. The number of hydrogen-bond donors (Lipinski definition) is 2. The first kappa shape index (κ1) is 14.7. The summed E-state index contributed by atoms with van der Waals surface area (Å²) in [5, 5.41) is 12.2. The highest BCUT2D eigenvalue weighted by atomic mass is 32.2. The van der Waals surface area contributed by atoms with Crippen molar-refractivity contribution in [2.45, 2.75) is 13.1 Å². The maximum absolute atomic E-state index is 10.8. The van der Waals surface area contributed by atoms with Gasteiger partial charge in [-0.25, -0.2) is 13.6 Å². The molecule has 0 aliphatic heterocycles. The Hall–Kier alpha value is -1.70. The van der Waals surface area contributed by atoms with Crippen LogP contribution in [0.3, 0.4) is 0 Å². The minimum atomic E-state index is -3.40. The number of nitrogens with zero attached hydrogens (tertiary/aromatic N) is 2. The molecule has 1 heterocycles. The molecule has 0 unspecified atom stereocenters. The van der Waals surface area contributed by atoms with E-state index in [0.29, 0.717) is 13.1 Å². The van der Waals surface area contributed by atoms with Crippen molar-refractivity contribution in [1.29, 1.82) is 0 Å². The summed E-state index contributed by atoms with van der Waals surface area (Å²) in [6, 6.07) is 10.1. The van der Waals surface area contributed by atoms with Gasteiger partial charge in [0.2, 0.25) is 10.0 Å². The van der Waals surface area contributed by atoms with E-state index in [-0.39, 0.29) is 5.75 Å². The lowest BCUT2D eigenvalue weighted by atomic mass is 10.2. The van der Waals surface area contributed by atoms with Crippen molar-refractivity contribution in [3.63, 3.8) is 0 Å². The third kappa shape index (κ3) is 5.12. The summed E-state index contributed by atoms with van der Waals surface area (Å²) in [5.41, 5.74) is 2.19. The van der Waals surface area contributed by atoms with Gasteiger partial charge >= 0.3 is 0 Å². The second kappa shape index (κ2) is 6.65. The van der Waals surface area contributed by atoms with Crippen molar-refractivity contribution in [1.82, 2.24) is 15.1 Å². The zero-order valence-electron chi connectivity index (χ0n) is 11.1. The standard InChI is InChI=1S/C13H18N4O2S/c14-20(18,19)7-6-15-8-13-9-16-17(11-13)10-12-4-2-1-3-5-12/h1-5,9,11,15H,6-8,10H2,(H2,14,18,19). The lowest BCUT2D eigenvalue weighted by Crippen LogP contribution is -2.26. The summed E-state index contributed by atoms with van der Waals surface area (Å²) in [4.78, 5) is 0. The van der Waals surface area contributed by atoms with E-state index in [4.69, 9.17) is 5.14 Å². The molecule has 0 saturated carbocycles. The average Bonchev–Trinajstić information content (AvgIpc) is 2.82. The fourth-order valence-corrected chi connectivity index (χ4v) is 2.23. The third-order valence-electron chi connectivity index (χ3n) is 2.77. The second-order valence-corrected chi connectivity index (χ2v) is 6.31. The normalized spacial score (nSPS) is 11.7. The molecule has 20 heavy (non-hydrogen) atoms. The van der Waals surface area contributed by atoms with E-state index in [1.807, 2.05) is 41.2 Å². The number of aromatic nitrogens is 2. The summed E-state index contributed by atoms with van der Waals surface area (Å²) < 4.78 is 23.4. The van der Waals surface area contributed by atoms with E-state index in [2.05, 4.69) is 10.4 Å². The van der Waals surface area contributed by atoms with Crippen molar-refractivity contribution in [3.05, 3.63) is 53.9 Å². The molecule has 0 atom stereocenters. The van der Waals surface area contributed by atoms with Crippen molar-refractivity contribution in [3.8, 4) is 0 Å². The Bertz CT molecular complexity index is 637. The summed E-state index contributed by atoms with van der Waals surface area (Å²) in [5.74, 6) is -0.0643. The van der Waals surface area contributed by atoms with Crippen LogP contribution in [0.2, 0.25) is 0 Å². The lowest BCUT2D eigenvalue weighted by Gasteiger charge is -2.02. The molecule has 0 saturated heterocycles. The van der Waals surface area contributed by atoms with Crippen LogP contribution in [0.15, 0.2) is 42.7 Å². The number of benzene rings is 1. The molecule has 1 aromatic carbocycles. The van der Waals surface area contributed by atoms with Gasteiger partial charge in [-0.05, 0) is 5.56 Å². The zero-order chi connectivity index (χ0) is 14.4. The second-order valence-electron chi connectivity index (χ2n) is 4.58. The van der Waals surface area contributed by atoms with Gasteiger partial charge in [-0.2, -0.15) is 5.10 Å². The molecule has 0 aliphatic rings. The molecule has 0 aliphatic carbocycles. The number of sulfonamides is 1. The lowest BCUT2D eigenvalue weighted by molar-refractivity contribution is 0.592. The van der Waals surface area contributed by atoms with Crippen LogP contribution in [-0.4, -0.2) is 30.5 Å². The fourth-order valence-electron chi connectivity index (χ4n) is 1.80. The topological polar surface area (TPSA) is 90.0 Å². The van der Waals surface area contributed by atoms with Crippen LogP contribution in [0.25, 0.3) is 0 Å². The Balaban J connectivity index is 1.81. The molecule has 108 valence electrons. The van der Waals surface area contributed by atoms with Gasteiger partial charge in [-0.1, -0.05) is 30.3 Å². The summed E-state index contributed by atoms with van der Waals surface area (Å²) in [7, 11) is -3.40. The molecule has 6 nitrogen and oxygen atoms in total. The SMILES string of the molecule is NS(=O)(=O)CCNCc1cnn(Cc2ccccc2)c1. The number of primary sulfonamides is 1. The van der Waals surface area contributed by atoms with Crippen molar-refractivity contribution in [2.24, 2.45) is 5.14 Å². The molecule has 1 aromatic heterocycles. The molecular weight excluding hydrogens is 276 g/mol. The molecule has 2 rings (SSSR count). The predicted molar refractivity (Wildman–Crippen MR) is 77.5 cm³/mol. The summed E-state index contributed by atoms with van der Waals surface area (Å²) in [6.45, 7) is 1.63. The van der Waals surface area contributed by atoms with E-state index in [1.165, 1.54) is 5.56 Å². The number of rotatable bonds is 7. The molecule has 3 N–H and O–H groups in total. The highest BCUT2D eigenvalue weighted by Crippen LogP contribution is 2.03. The molecule has 0 spiro atoms. The van der Waals surface area contributed by atoms with Gasteiger partial charge in [0.15, 0.2) is 0 Å². The smallest absolute Gasteiger partial charge is 0.210 e. The van der Waals surface area contributed by atoms with Crippen LogP contribution in [0.5, 0.6) is 0 Å². The quantitative estimate of drug-likeness (QED) is 0.719. The van der Waals surface area contributed by atoms with Crippen LogP contribution in [0.1, 0.15) is 11.1 Å². The molecule has 0 radical (unpaired) electrons. The van der Waals surface area contributed by atoms with Crippen molar-refractivity contribution >= 4 is 10.0 Å². The molecule has 0 bridgehead atoms. The highest BCUT2D eigenvalue weighted by molar-refractivity contribution is 7.89. The first-order chi connectivity index (χ1) is 9.53. The first-order valence-electron chi connectivity index (χ1n) is 6.29. The average molecular weight is 294 g/mol. The van der Waals surface area contributed by atoms with Crippen LogP contribution in [0, 0.1) is 0 Å². The zero-order valence-corrected chi connectivity index (χ0v) is 11.9. The monoisotopic (exact) mass is 294 g/mol. The molecular formula is C13H18N4O2S. The Morgan fingerprint density at radius 2 is 1.95 bits per heavy atom. The van der Waals surface area contributed by atoms with Gasteiger partial charge in [0.1, 0.15) is 0 Å². The van der Waals surface area contributed by atoms with Crippen LogP contribution >= 0.6 is 0 Å². The van der Waals surface area contributed by atoms with Gasteiger partial charge in [0.05, 0.1) is 18.5 Å². The largest absolute Gasteiger partial charge is 0.311 e. The van der Waals surface area contributed by atoms with E-state index >= 15 is 0 Å². The molecule has 0 fully saturated rings. The van der Waals surface area contributed by atoms with E-state index in [1.54, 1.807) is 6.20 Å². The van der Waals surface area contributed by atoms with Crippen LogP contribution in [-0.2, 0) is 23.1 Å². The van der Waals surface area contributed by atoms with Crippen molar-refractivity contribution in [2.75, 3.05) is 12.3 Å². The van der Waals surface area contributed by atoms with E-state index in [9.17, 15) is 8.42 Å². The molecule has 7 heteroatoms. The number of nitrogens with one attached hydrogen (secondary N) is 1.